The van der Waals surface area contributed by atoms with Crippen molar-refractivity contribution in [2.75, 3.05) is 49.3 Å². The standard InChI is InChI=1S/C28H30O7/c1-29-19-9-7-17(8-10-19)26-21(18-13-24(32-4)28(34-6)25(14-18)33-5)11-12-35-23-16-20(30-2)15-22(31-3)27(23)26/h7-10,13-16H,11-12H2,1-6H3. The van der Waals surface area contributed by atoms with Crippen LogP contribution in [0.3, 0.4) is 0 Å². The Kier molecular flexibility index (Phi) is 7.25. The van der Waals surface area contributed by atoms with Gasteiger partial charge in [0.25, 0.3) is 0 Å². The molecular weight excluding hydrogens is 448 g/mol. The van der Waals surface area contributed by atoms with E-state index in [0.29, 0.717) is 47.5 Å². The first-order valence-electron chi connectivity index (χ1n) is 11.2. The number of methoxy groups -OCH3 is 6. The van der Waals surface area contributed by atoms with Gasteiger partial charge in [0.05, 0.1) is 54.8 Å². The highest BCUT2D eigenvalue weighted by atomic mass is 16.5. The van der Waals surface area contributed by atoms with E-state index >= 15 is 0 Å². The van der Waals surface area contributed by atoms with Gasteiger partial charge in [-0.15, -0.1) is 0 Å². The first-order valence-corrected chi connectivity index (χ1v) is 11.2. The lowest BCUT2D eigenvalue weighted by atomic mass is 9.87. The Bertz CT molecular complexity index is 1200. The summed E-state index contributed by atoms with van der Waals surface area (Å²) in [5, 5.41) is 0. The predicted molar refractivity (Wildman–Crippen MR) is 135 cm³/mol. The summed E-state index contributed by atoms with van der Waals surface area (Å²) in [4.78, 5) is 0. The fourth-order valence-electron chi connectivity index (χ4n) is 4.36. The van der Waals surface area contributed by atoms with Gasteiger partial charge < -0.3 is 33.2 Å². The molecule has 0 amide bonds. The Labute approximate surface area is 205 Å². The van der Waals surface area contributed by atoms with Crippen LogP contribution in [0.5, 0.6) is 40.2 Å². The zero-order valence-electron chi connectivity index (χ0n) is 20.9. The van der Waals surface area contributed by atoms with Gasteiger partial charge in [-0.3, -0.25) is 0 Å². The van der Waals surface area contributed by atoms with E-state index in [0.717, 1.165) is 33.6 Å². The molecule has 0 spiro atoms. The summed E-state index contributed by atoms with van der Waals surface area (Å²) >= 11 is 0. The maximum Gasteiger partial charge on any atom is 0.203 e. The van der Waals surface area contributed by atoms with E-state index < -0.39 is 0 Å². The van der Waals surface area contributed by atoms with Gasteiger partial charge >= 0.3 is 0 Å². The van der Waals surface area contributed by atoms with Crippen molar-refractivity contribution in [1.82, 2.24) is 0 Å². The summed E-state index contributed by atoms with van der Waals surface area (Å²) in [6.45, 7) is 0.467. The van der Waals surface area contributed by atoms with Gasteiger partial charge in [-0.05, 0) is 41.0 Å². The highest BCUT2D eigenvalue weighted by Gasteiger charge is 2.27. The third kappa shape index (κ3) is 4.54. The Morgan fingerprint density at radius 3 is 1.77 bits per heavy atom. The van der Waals surface area contributed by atoms with E-state index in [1.165, 1.54) is 0 Å². The summed E-state index contributed by atoms with van der Waals surface area (Å²) in [5.41, 5.74) is 4.80. The Balaban J connectivity index is 2.08. The third-order valence-electron chi connectivity index (χ3n) is 6.05. The highest BCUT2D eigenvalue weighted by Crippen LogP contribution is 2.49. The van der Waals surface area contributed by atoms with Gasteiger partial charge in [-0.1, -0.05) is 12.1 Å². The minimum absolute atomic E-state index is 0.467. The lowest BCUT2D eigenvalue weighted by Crippen LogP contribution is -2.00. The number of hydrogen-bond acceptors (Lipinski definition) is 7. The molecule has 0 aliphatic carbocycles. The van der Waals surface area contributed by atoms with Crippen LogP contribution < -0.4 is 33.2 Å². The molecule has 1 aliphatic heterocycles. The molecule has 0 N–H and O–H groups in total. The van der Waals surface area contributed by atoms with Crippen LogP contribution in [0.15, 0.2) is 48.5 Å². The molecule has 0 atom stereocenters. The first kappa shape index (κ1) is 24.1. The van der Waals surface area contributed by atoms with Crippen molar-refractivity contribution in [3.63, 3.8) is 0 Å². The molecule has 35 heavy (non-hydrogen) atoms. The molecule has 7 nitrogen and oxygen atoms in total. The summed E-state index contributed by atoms with van der Waals surface area (Å²) in [6.07, 6.45) is 0.639. The molecule has 0 fully saturated rings. The SMILES string of the molecule is COc1ccc(C2=C(c3cc(OC)c(OC)c(OC)c3)CCOc3cc(OC)cc(OC)c32)cc1. The van der Waals surface area contributed by atoms with Crippen LogP contribution in [0.4, 0.5) is 0 Å². The minimum atomic E-state index is 0.467. The van der Waals surface area contributed by atoms with Crippen LogP contribution in [-0.2, 0) is 0 Å². The largest absolute Gasteiger partial charge is 0.497 e. The van der Waals surface area contributed by atoms with E-state index in [1.54, 1.807) is 42.7 Å². The van der Waals surface area contributed by atoms with Crippen LogP contribution in [0, 0.1) is 0 Å². The average Bonchev–Trinajstić information content (AvgIpc) is 3.11. The Hall–Kier alpha value is -4.00. The fourth-order valence-corrected chi connectivity index (χ4v) is 4.36. The maximum absolute atomic E-state index is 6.23. The van der Waals surface area contributed by atoms with E-state index in [4.69, 9.17) is 33.2 Å². The number of ether oxygens (including phenoxy) is 7. The van der Waals surface area contributed by atoms with Gasteiger partial charge in [-0.2, -0.15) is 0 Å². The van der Waals surface area contributed by atoms with Gasteiger partial charge in [0.2, 0.25) is 5.75 Å². The molecular formula is C28H30O7. The molecule has 184 valence electrons. The second-order valence-corrected chi connectivity index (χ2v) is 7.80. The molecule has 3 aromatic rings. The van der Waals surface area contributed by atoms with Crippen molar-refractivity contribution in [2.24, 2.45) is 0 Å². The van der Waals surface area contributed by atoms with Crippen molar-refractivity contribution in [2.45, 2.75) is 6.42 Å². The summed E-state index contributed by atoms with van der Waals surface area (Å²) in [6, 6.07) is 15.6. The van der Waals surface area contributed by atoms with Gasteiger partial charge in [-0.25, -0.2) is 0 Å². The molecule has 0 radical (unpaired) electrons. The number of hydrogen-bond donors (Lipinski definition) is 0. The van der Waals surface area contributed by atoms with Crippen molar-refractivity contribution in [3.8, 4) is 40.2 Å². The van der Waals surface area contributed by atoms with Crippen LogP contribution in [-0.4, -0.2) is 49.3 Å². The molecule has 0 aromatic heterocycles. The zero-order valence-corrected chi connectivity index (χ0v) is 20.9. The molecule has 0 unspecified atom stereocenters. The maximum atomic E-state index is 6.23. The Morgan fingerprint density at radius 2 is 1.23 bits per heavy atom. The average molecular weight is 479 g/mol. The normalized spacial score (nSPS) is 12.7. The minimum Gasteiger partial charge on any atom is -0.497 e. The molecule has 0 saturated carbocycles. The fraction of sp³-hybridized carbons (Fsp3) is 0.286. The molecule has 4 rings (SSSR count). The molecule has 1 aliphatic rings. The lowest BCUT2D eigenvalue weighted by Gasteiger charge is -2.20. The van der Waals surface area contributed by atoms with Gasteiger partial charge in [0, 0.05) is 24.1 Å². The van der Waals surface area contributed by atoms with Crippen molar-refractivity contribution in [1.29, 1.82) is 0 Å². The summed E-state index contributed by atoms with van der Waals surface area (Å²) in [7, 11) is 9.74. The molecule has 7 heteroatoms. The first-order chi connectivity index (χ1) is 17.1. The van der Waals surface area contributed by atoms with E-state index in [9.17, 15) is 0 Å². The topological polar surface area (TPSA) is 64.6 Å². The van der Waals surface area contributed by atoms with Gasteiger partial charge in [0.1, 0.15) is 23.0 Å². The van der Waals surface area contributed by atoms with Crippen molar-refractivity contribution >= 4 is 11.1 Å². The van der Waals surface area contributed by atoms with E-state index in [2.05, 4.69) is 0 Å². The molecule has 0 bridgehead atoms. The zero-order chi connectivity index (χ0) is 24.9. The second-order valence-electron chi connectivity index (χ2n) is 7.80. The van der Waals surface area contributed by atoms with E-state index in [1.807, 2.05) is 48.5 Å². The van der Waals surface area contributed by atoms with Crippen LogP contribution in [0.1, 0.15) is 23.1 Å². The summed E-state index contributed by atoms with van der Waals surface area (Å²) < 4.78 is 39.8. The van der Waals surface area contributed by atoms with Crippen molar-refractivity contribution < 1.29 is 33.2 Å². The Morgan fingerprint density at radius 1 is 0.600 bits per heavy atom. The highest BCUT2D eigenvalue weighted by molar-refractivity contribution is 6.02. The number of fused-ring (bicyclic) bond motifs is 1. The molecule has 1 heterocycles. The van der Waals surface area contributed by atoms with E-state index in [-0.39, 0.29) is 0 Å². The van der Waals surface area contributed by atoms with Crippen LogP contribution >= 0.6 is 0 Å². The monoisotopic (exact) mass is 478 g/mol. The summed E-state index contributed by atoms with van der Waals surface area (Å²) in [5.74, 6) is 4.47. The van der Waals surface area contributed by atoms with Crippen LogP contribution in [0.25, 0.3) is 11.1 Å². The smallest absolute Gasteiger partial charge is 0.203 e. The second kappa shape index (κ2) is 10.5. The quantitative estimate of drug-likeness (QED) is 0.425. The molecule has 0 saturated heterocycles. The predicted octanol–water partition coefficient (Wildman–Crippen LogP) is 5.48. The van der Waals surface area contributed by atoms with Crippen LogP contribution in [0.2, 0.25) is 0 Å². The number of benzene rings is 3. The van der Waals surface area contributed by atoms with Gasteiger partial charge in [0.15, 0.2) is 11.5 Å². The number of rotatable bonds is 8. The van der Waals surface area contributed by atoms with Crippen molar-refractivity contribution in [3.05, 3.63) is 65.2 Å². The molecule has 3 aromatic carbocycles. The third-order valence-corrected chi connectivity index (χ3v) is 6.05. The lowest BCUT2D eigenvalue weighted by molar-refractivity contribution is 0.320.